The number of H-pyrrole nitrogens is 2. The third-order valence-corrected chi connectivity index (χ3v) is 5.30. The topological polar surface area (TPSA) is 90.2 Å². The summed E-state index contributed by atoms with van der Waals surface area (Å²) in [4.78, 5) is 31.6. The number of halogens is 1. The summed E-state index contributed by atoms with van der Waals surface area (Å²) >= 11 is 5.96. The molecule has 7 nitrogen and oxygen atoms in total. The predicted octanol–water partition coefficient (Wildman–Crippen LogP) is 2.91. The lowest BCUT2D eigenvalue weighted by Crippen LogP contribution is -2.48. The number of nitrogens with one attached hydrogen (secondary N) is 3. The van der Waals surface area contributed by atoms with Crippen molar-refractivity contribution < 1.29 is 9.53 Å². The molecule has 0 bridgehead atoms. The van der Waals surface area contributed by atoms with Crippen molar-refractivity contribution >= 4 is 34.2 Å². The van der Waals surface area contributed by atoms with Gasteiger partial charge in [0.25, 0.3) is 0 Å². The van der Waals surface area contributed by atoms with Crippen LogP contribution in [0.3, 0.4) is 0 Å². The van der Waals surface area contributed by atoms with Crippen LogP contribution < -0.4 is 11.0 Å². The molecule has 1 amide bonds. The average molecular weight is 401 g/mol. The van der Waals surface area contributed by atoms with Gasteiger partial charge in [-0.3, -0.25) is 9.69 Å². The van der Waals surface area contributed by atoms with Gasteiger partial charge in [0.2, 0.25) is 5.91 Å². The number of nitrogens with zero attached hydrogens (tertiary/aromatic N) is 1. The second-order valence-electron chi connectivity index (χ2n) is 6.91. The number of carbonyl (C=O) groups excluding carboxylic acids is 1. The van der Waals surface area contributed by atoms with Crippen LogP contribution in [0.5, 0.6) is 0 Å². The first-order valence-electron chi connectivity index (χ1n) is 9.13. The fraction of sp³-hybridized carbons (Fsp3) is 0.300. The van der Waals surface area contributed by atoms with Gasteiger partial charge in [-0.05, 0) is 42.8 Å². The molecule has 1 aliphatic heterocycles. The number of anilines is 1. The van der Waals surface area contributed by atoms with Gasteiger partial charge in [0.1, 0.15) is 0 Å². The molecule has 1 saturated heterocycles. The lowest BCUT2D eigenvalue weighted by molar-refractivity contribution is -0.124. The summed E-state index contributed by atoms with van der Waals surface area (Å²) in [7, 11) is 0. The van der Waals surface area contributed by atoms with Crippen molar-refractivity contribution in [3.8, 4) is 0 Å². The Bertz CT molecular complexity index is 1040. The number of benzene rings is 2. The molecule has 4 rings (SSSR count). The molecule has 1 fully saturated rings. The molecule has 3 aromatic rings. The molecule has 0 saturated carbocycles. The van der Waals surface area contributed by atoms with E-state index in [0.717, 1.165) is 5.56 Å². The smallest absolute Gasteiger partial charge is 0.323 e. The van der Waals surface area contributed by atoms with E-state index in [2.05, 4.69) is 20.2 Å². The first-order chi connectivity index (χ1) is 13.5. The van der Waals surface area contributed by atoms with Gasteiger partial charge in [-0.2, -0.15) is 0 Å². The lowest BCUT2D eigenvalue weighted by atomic mass is 10.1. The molecular weight excluding hydrogens is 380 g/mol. The minimum atomic E-state index is -0.320. The maximum Gasteiger partial charge on any atom is 0.323 e. The fourth-order valence-electron chi connectivity index (χ4n) is 3.42. The van der Waals surface area contributed by atoms with Gasteiger partial charge in [-0.25, -0.2) is 4.79 Å². The normalized spacial score (nSPS) is 18.9. The second kappa shape index (κ2) is 7.79. The van der Waals surface area contributed by atoms with E-state index in [1.807, 2.05) is 31.2 Å². The Morgan fingerprint density at radius 2 is 1.96 bits per heavy atom. The van der Waals surface area contributed by atoms with E-state index in [-0.39, 0.29) is 23.7 Å². The van der Waals surface area contributed by atoms with E-state index < -0.39 is 0 Å². The quantitative estimate of drug-likeness (QED) is 0.628. The molecule has 2 unspecified atom stereocenters. The molecule has 2 aromatic carbocycles. The summed E-state index contributed by atoms with van der Waals surface area (Å²) in [5.41, 5.74) is 2.78. The average Bonchev–Trinajstić information content (AvgIpc) is 3.07. The van der Waals surface area contributed by atoms with E-state index in [9.17, 15) is 9.59 Å². The Hall–Kier alpha value is -2.61. The van der Waals surface area contributed by atoms with Crippen LogP contribution in [0.25, 0.3) is 11.0 Å². The monoisotopic (exact) mass is 400 g/mol. The number of hydrogen-bond donors (Lipinski definition) is 3. The van der Waals surface area contributed by atoms with E-state index in [1.165, 1.54) is 0 Å². The summed E-state index contributed by atoms with van der Waals surface area (Å²) in [6.07, 6.45) is -0.0949. The first-order valence-corrected chi connectivity index (χ1v) is 9.51. The molecule has 0 spiro atoms. The molecule has 0 radical (unpaired) electrons. The number of rotatable bonds is 4. The van der Waals surface area contributed by atoms with Crippen molar-refractivity contribution in [1.29, 1.82) is 0 Å². The summed E-state index contributed by atoms with van der Waals surface area (Å²) in [6.45, 7) is 3.75. The highest BCUT2D eigenvalue weighted by atomic mass is 35.5. The maximum atomic E-state index is 12.8. The van der Waals surface area contributed by atoms with Crippen LogP contribution in [0.15, 0.2) is 47.3 Å². The van der Waals surface area contributed by atoms with Crippen LogP contribution in [0.1, 0.15) is 18.6 Å². The highest BCUT2D eigenvalue weighted by Crippen LogP contribution is 2.25. The van der Waals surface area contributed by atoms with Crippen LogP contribution in [-0.4, -0.2) is 46.5 Å². The minimum Gasteiger partial charge on any atom is -0.371 e. The Kier molecular flexibility index (Phi) is 5.21. The third-order valence-electron chi connectivity index (χ3n) is 5.05. The number of amides is 1. The van der Waals surface area contributed by atoms with Crippen LogP contribution in [0, 0.1) is 0 Å². The highest BCUT2D eigenvalue weighted by molar-refractivity contribution is 6.30. The third kappa shape index (κ3) is 3.96. The zero-order valence-electron chi connectivity index (χ0n) is 15.4. The number of aromatic nitrogens is 2. The number of fused-ring (bicyclic) bond motifs is 1. The number of ether oxygens (including phenoxy) is 1. The van der Waals surface area contributed by atoms with Crippen molar-refractivity contribution in [2.45, 2.75) is 19.1 Å². The summed E-state index contributed by atoms with van der Waals surface area (Å²) in [5.74, 6) is -0.103. The Balaban J connectivity index is 1.43. The van der Waals surface area contributed by atoms with Crippen LogP contribution in [0.2, 0.25) is 5.02 Å². The van der Waals surface area contributed by atoms with Gasteiger partial charge >= 0.3 is 5.69 Å². The van der Waals surface area contributed by atoms with Crippen LogP contribution >= 0.6 is 11.6 Å². The van der Waals surface area contributed by atoms with Crippen molar-refractivity contribution in [2.75, 3.05) is 25.0 Å². The molecule has 1 aromatic heterocycles. The Labute approximate surface area is 166 Å². The molecule has 8 heteroatoms. The van der Waals surface area contributed by atoms with Gasteiger partial charge in [-0.15, -0.1) is 0 Å². The zero-order chi connectivity index (χ0) is 19.7. The fourth-order valence-corrected chi connectivity index (χ4v) is 3.55. The SMILES string of the molecule is CC(C(=O)Nc1ccc2[nH]c(=O)[nH]c2c1)N1CCOC(c2ccc(Cl)cc2)C1. The number of hydrogen-bond acceptors (Lipinski definition) is 4. The van der Waals surface area contributed by atoms with Gasteiger partial charge in [0.05, 0.1) is 29.8 Å². The molecule has 2 heterocycles. The molecule has 146 valence electrons. The van der Waals surface area contributed by atoms with E-state index in [1.54, 1.807) is 18.2 Å². The number of aromatic amines is 2. The summed E-state index contributed by atoms with van der Waals surface area (Å²) in [5, 5.41) is 3.61. The van der Waals surface area contributed by atoms with E-state index in [4.69, 9.17) is 16.3 Å². The van der Waals surface area contributed by atoms with Crippen molar-refractivity contribution in [2.24, 2.45) is 0 Å². The Morgan fingerprint density at radius 1 is 1.21 bits per heavy atom. The summed E-state index contributed by atoms with van der Waals surface area (Å²) < 4.78 is 5.88. The predicted molar refractivity (Wildman–Crippen MR) is 109 cm³/mol. The molecule has 28 heavy (non-hydrogen) atoms. The highest BCUT2D eigenvalue weighted by Gasteiger charge is 2.28. The van der Waals surface area contributed by atoms with Crippen LogP contribution in [-0.2, 0) is 9.53 Å². The lowest BCUT2D eigenvalue weighted by Gasteiger charge is -2.36. The molecular formula is C20H21ClN4O3. The van der Waals surface area contributed by atoms with Gasteiger partial charge < -0.3 is 20.0 Å². The van der Waals surface area contributed by atoms with Crippen LogP contribution in [0.4, 0.5) is 5.69 Å². The molecule has 3 N–H and O–H groups in total. The zero-order valence-corrected chi connectivity index (χ0v) is 16.1. The number of imidazole rings is 1. The molecule has 1 aliphatic rings. The number of carbonyl (C=O) groups is 1. The van der Waals surface area contributed by atoms with Crippen molar-refractivity contribution in [3.63, 3.8) is 0 Å². The van der Waals surface area contributed by atoms with E-state index in [0.29, 0.717) is 41.4 Å². The Morgan fingerprint density at radius 3 is 2.75 bits per heavy atom. The molecule has 2 atom stereocenters. The standard InChI is InChI=1S/C20H21ClN4O3/c1-12(19(26)22-15-6-7-16-17(10-15)24-20(27)23-16)25-8-9-28-18(11-25)13-2-4-14(21)5-3-13/h2-7,10,12,18H,8-9,11H2,1H3,(H,22,26)(H2,23,24,27). The minimum absolute atomic E-state index is 0.0949. The molecule has 0 aliphatic carbocycles. The van der Waals surface area contributed by atoms with Gasteiger partial charge in [0.15, 0.2) is 0 Å². The van der Waals surface area contributed by atoms with Crippen molar-refractivity contribution in [3.05, 3.63) is 63.5 Å². The van der Waals surface area contributed by atoms with Crippen molar-refractivity contribution in [1.82, 2.24) is 14.9 Å². The summed E-state index contributed by atoms with van der Waals surface area (Å²) in [6, 6.07) is 12.6. The van der Waals surface area contributed by atoms with Gasteiger partial charge in [0, 0.05) is 23.8 Å². The number of morpholine rings is 1. The van der Waals surface area contributed by atoms with Gasteiger partial charge in [-0.1, -0.05) is 23.7 Å². The first kappa shape index (κ1) is 18.7. The second-order valence-corrected chi connectivity index (χ2v) is 7.35. The largest absolute Gasteiger partial charge is 0.371 e. The maximum absolute atomic E-state index is 12.8. The van der Waals surface area contributed by atoms with E-state index >= 15 is 0 Å².